The zero-order valence-electron chi connectivity index (χ0n) is 8.72. The summed E-state index contributed by atoms with van der Waals surface area (Å²) in [7, 11) is 0. The summed E-state index contributed by atoms with van der Waals surface area (Å²) >= 11 is 12.2. The van der Waals surface area contributed by atoms with Gasteiger partial charge in [-0.3, -0.25) is 9.79 Å². The Balaban J connectivity index is 1.97. The molecule has 2 rings (SSSR count). The van der Waals surface area contributed by atoms with Crippen molar-refractivity contribution in [1.29, 1.82) is 0 Å². The van der Waals surface area contributed by atoms with Crippen LogP contribution in [-0.2, 0) is 11.3 Å². The molecule has 1 aromatic rings. The van der Waals surface area contributed by atoms with Crippen LogP contribution in [0.25, 0.3) is 0 Å². The maximum absolute atomic E-state index is 11.4. The third kappa shape index (κ3) is 3.28. The van der Waals surface area contributed by atoms with Crippen LogP contribution in [0.3, 0.4) is 0 Å². The van der Waals surface area contributed by atoms with Gasteiger partial charge in [0.2, 0.25) is 5.91 Å². The Hall–Kier alpha value is -0.910. The molecule has 1 aliphatic heterocycles. The number of benzene rings is 1. The van der Waals surface area contributed by atoms with Gasteiger partial charge < -0.3 is 5.32 Å². The van der Waals surface area contributed by atoms with Gasteiger partial charge in [0.15, 0.2) is 0 Å². The molecule has 1 saturated heterocycles. The highest BCUT2D eigenvalue weighted by atomic mass is 35.5. The summed E-state index contributed by atoms with van der Waals surface area (Å²) in [6.45, 7) is 0.469. The summed E-state index contributed by atoms with van der Waals surface area (Å²) in [5.41, 5.74) is 0.941. The van der Waals surface area contributed by atoms with Crippen LogP contribution in [0.2, 0.25) is 5.02 Å². The van der Waals surface area contributed by atoms with E-state index in [0.717, 1.165) is 5.56 Å². The van der Waals surface area contributed by atoms with Crippen molar-refractivity contribution in [2.45, 2.75) is 11.8 Å². The molecule has 1 unspecified atom stereocenters. The van der Waals surface area contributed by atoms with E-state index in [4.69, 9.17) is 23.8 Å². The molecule has 88 valence electrons. The molecule has 1 aliphatic rings. The minimum atomic E-state index is -0.315. The molecular formula is C11H9ClN2OS2. The molecule has 17 heavy (non-hydrogen) atoms. The van der Waals surface area contributed by atoms with E-state index in [1.54, 1.807) is 6.21 Å². The molecule has 0 aromatic heterocycles. The van der Waals surface area contributed by atoms with Crippen molar-refractivity contribution in [3.05, 3.63) is 34.9 Å². The first-order chi connectivity index (χ1) is 8.16. The highest BCUT2D eigenvalue weighted by Crippen LogP contribution is 2.19. The van der Waals surface area contributed by atoms with Gasteiger partial charge in [-0.25, -0.2) is 0 Å². The highest BCUT2D eigenvalue weighted by molar-refractivity contribution is 8.24. The molecule has 1 aromatic carbocycles. The van der Waals surface area contributed by atoms with Crippen molar-refractivity contribution < 1.29 is 4.79 Å². The van der Waals surface area contributed by atoms with Gasteiger partial charge >= 0.3 is 0 Å². The summed E-state index contributed by atoms with van der Waals surface area (Å²) < 4.78 is 0.504. The van der Waals surface area contributed by atoms with E-state index >= 15 is 0 Å². The van der Waals surface area contributed by atoms with E-state index in [0.29, 0.717) is 15.9 Å². The number of amides is 1. The lowest BCUT2D eigenvalue weighted by atomic mass is 10.2. The number of carbonyl (C=O) groups excluding carboxylic acids is 1. The van der Waals surface area contributed by atoms with E-state index < -0.39 is 0 Å². The molecule has 0 bridgehead atoms. The number of hydrogen-bond acceptors (Lipinski definition) is 4. The van der Waals surface area contributed by atoms with E-state index in [1.807, 2.05) is 24.3 Å². The van der Waals surface area contributed by atoms with Gasteiger partial charge in [0.05, 0.1) is 6.54 Å². The summed E-state index contributed by atoms with van der Waals surface area (Å²) in [4.78, 5) is 15.6. The topological polar surface area (TPSA) is 41.5 Å². The number of rotatable bonds is 3. The summed E-state index contributed by atoms with van der Waals surface area (Å²) in [5, 5.41) is 2.93. The standard InChI is InChI=1S/C11H9ClN2OS2/c12-8-4-2-1-3-7(8)5-13-6-9-10(15)14-11(16)17-9/h1-4,6,9H,5H2,(H,14,15,16). The van der Waals surface area contributed by atoms with E-state index in [1.165, 1.54) is 11.8 Å². The highest BCUT2D eigenvalue weighted by Gasteiger charge is 2.27. The van der Waals surface area contributed by atoms with Crippen LogP contribution < -0.4 is 5.32 Å². The predicted molar refractivity (Wildman–Crippen MR) is 75.8 cm³/mol. The Kier molecular flexibility index (Phi) is 4.15. The Labute approximate surface area is 114 Å². The third-order valence-corrected chi connectivity index (χ3v) is 3.84. The fraction of sp³-hybridized carbons (Fsp3) is 0.182. The zero-order valence-corrected chi connectivity index (χ0v) is 11.1. The number of nitrogens with zero attached hydrogens (tertiary/aromatic N) is 1. The summed E-state index contributed by atoms with van der Waals surface area (Å²) in [6, 6.07) is 7.50. The summed E-state index contributed by atoms with van der Waals surface area (Å²) in [5.74, 6) is -0.108. The number of nitrogens with one attached hydrogen (secondary N) is 1. The molecule has 0 radical (unpaired) electrons. The van der Waals surface area contributed by atoms with Crippen LogP contribution in [0.15, 0.2) is 29.3 Å². The molecule has 0 saturated carbocycles. The molecule has 1 N–H and O–H groups in total. The number of carbonyl (C=O) groups is 1. The number of halogens is 1. The van der Waals surface area contributed by atoms with Crippen LogP contribution in [-0.4, -0.2) is 21.7 Å². The van der Waals surface area contributed by atoms with Crippen molar-refractivity contribution in [3.63, 3.8) is 0 Å². The van der Waals surface area contributed by atoms with Gasteiger partial charge in [0, 0.05) is 11.2 Å². The smallest absolute Gasteiger partial charge is 0.244 e. The maximum Gasteiger partial charge on any atom is 0.244 e. The van der Waals surface area contributed by atoms with Crippen molar-refractivity contribution in [2.75, 3.05) is 0 Å². The van der Waals surface area contributed by atoms with E-state index in [-0.39, 0.29) is 11.2 Å². The molecule has 1 heterocycles. The van der Waals surface area contributed by atoms with Gasteiger partial charge in [-0.15, -0.1) is 0 Å². The van der Waals surface area contributed by atoms with Crippen LogP contribution in [0.5, 0.6) is 0 Å². The minimum Gasteiger partial charge on any atom is -0.310 e. The van der Waals surface area contributed by atoms with Crippen LogP contribution in [0.4, 0.5) is 0 Å². The normalized spacial score (nSPS) is 19.9. The zero-order chi connectivity index (χ0) is 12.3. The lowest BCUT2D eigenvalue weighted by molar-refractivity contribution is -0.117. The molecule has 0 spiro atoms. The lowest BCUT2D eigenvalue weighted by Crippen LogP contribution is -2.24. The third-order valence-electron chi connectivity index (χ3n) is 2.18. The fourth-order valence-electron chi connectivity index (χ4n) is 1.34. The molecule has 0 aliphatic carbocycles. The second-order valence-corrected chi connectivity index (χ2v) is 5.62. The molecule has 1 amide bonds. The molecule has 1 atom stereocenters. The number of aliphatic imine (C=N–C) groups is 1. The van der Waals surface area contributed by atoms with Crippen molar-refractivity contribution in [1.82, 2.24) is 5.32 Å². The van der Waals surface area contributed by atoms with Crippen molar-refractivity contribution in [2.24, 2.45) is 4.99 Å². The number of thioether (sulfide) groups is 1. The van der Waals surface area contributed by atoms with Gasteiger partial charge in [0.1, 0.15) is 9.57 Å². The van der Waals surface area contributed by atoms with E-state index in [2.05, 4.69) is 10.3 Å². The van der Waals surface area contributed by atoms with Gasteiger partial charge in [-0.2, -0.15) is 0 Å². The first kappa shape index (κ1) is 12.5. The molecule has 1 fully saturated rings. The van der Waals surface area contributed by atoms with Crippen LogP contribution >= 0.6 is 35.6 Å². The Morgan fingerprint density at radius 1 is 1.53 bits per heavy atom. The molecular weight excluding hydrogens is 276 g/mol. The van der Waals surface area contributed by atoms with Crippen LogP contribution in [0.1, 0.15) is 5.56 Å². The monoisotopic (exact) mass is 284 g/mol. The van der Waals surface area contributed by atoms with Gasteiger partial charge in [-0.05, 0) is 11.6 Å². The second-order valence-electron chi connectivity index (χ2n) is 3.40. The fourth-order valence-corrected chi connectivity index (χ4v) is 2.65. The lowest BCUT2D eigenvalue weighted by Gasteiger charge is -2.00. The number of thiocarbonyl (C=S) groups is 1. The Bertz CT molecular complexity index is 490. The SMILES string of the molecule is O=C1NC(=S)SC1C=NCc1ccccc1Cl. The predicted octanol–water partition coefficient (Wildman–Crippen LogP) is 2.43. The Morgan fingerprint density at radius 3 is 2.94 bits per heavy atom. The van der Waals surface area contributed by atoms with E-state index in [9.17, 15) is 4.79 Å². The Morgan fingerprint density at radius 2 is 2.29 bits per heavy atom. The maximum atomic E-state index is 11.4. The largest absolute Gasteiger partial charge is 0.310 e. The average Bonchev–Trinajstić information content (AvgIpc) is 2.60. The van der Waals surface area contributed by atoms with Gasteiger partial charge in [0.25, 0.3) is 0 Å². The quantitative estimate of drug-likeness (QED) is 0.685. The second kappa shape index (κ2) is 5.62. The molecule has 3 nitrogen and oxygen atoms in total. The first-order valence-corrected chi connectivity index (χ1v) is 6.58. The number of hydrogen-bond donors (Lipinski definition) is 1. The average molecular weight is 285 g/mol. The first-order valence-electron chi connectivity index (χ1n) is 4.91. The minimum absolute atomic E-state index is 0.108. The van der Waals surface area contributed by atoms with Gasteiger partial charge in [-0.1, -0.05) is 53.8 Å². The molecule has 6 heteroatoms. The van der Waals surface area contributed by atoms with Crippen LogP contribution in [0, 0.1) is 0 Å². The summed E-state index contributed by atoms with van der Waals surface area (Å²) in [6.07, 6.45) is 1.61. The van der Waals surface area contributed by atoms with Crippen molar-refractivity contribution in [3.8, 4) is 0 Å². The van der Waals surface area contributed by atoms with Crippen molar-refractivity contribution >= 4 is 52.0 Å².